The average Bonchev–Trinajstić information content (AvgIpc) is 2.39. The lowest BCUT2D eigenvalue weighted by Crippen LogP contribution is -1.84. The lowest BCUT2D eigenvalue weighted by atomic mass is 10.1. The van der Waals surface area contributed by atoms with E-state index in [1.54, 1.807) is 0 Å². The first-order valence-electron chi connectivity index (χ1n) is 6.39. The third-order valence-corrected chi connectivity index (χ3v) is 2.32. The molecule has 0 bridgehead atoms. The van der Waals surface area contributed by atoms with Crippen molar-refractivity contribution in [2.75, 3.05) is 0 Å². The van der Waals surface area contributed by atoms with Crippen LogP contribution in [0.2, 0.25) is 0 Å². The summed E-state index contributed by atoms with van der Waals surface area (Å²) in [4.78, 5) is 0. The highest BCUT2D eigenvalue weighted by Crippen LogP contribution is 2.08. The van der Waals surface area contributed by atoms with Crippen molar-refractivity contribution in [2.24, 2.45) is 0 Å². The highest BCUT2D eigenvalue weighted by Gasteiger charge is 1.95. The van der Waals surface area contributed by atoms with E-state index in [9.17, 15) is 0 Å². The van der Waals surface area contributed by atoms with Gasteiger partial charge in [-0.15, -0.1) is 6.42 Å². The van der Waals surface area contributed by atoms with Crippen molar-refractivity contribution < 1.29 is 0 Å². The number of hydrogen-bond acceptors (Lipinski definition) is 0. The highest BCUT2D eigenvalue weighted by atomic mass is 14.0. The van der Waals surface area contributed by atoms with Crippen LogP contribution in [0.4, 0.5) is 0 Å². The Morgan fingerprint density at radius 3 is 1.67 bits per heavy atom. The fourth-order valence-corrected chi connectivity index (χ4v) is 1.43. The maximum atomic E-state index is 5.45. The van der Waals surface area contributed by atoms with E-state index in [2.05, 4.69) is 43.4 Å². The Bertz CT molecular complexity index is 505. The van der Waals surface area contributed by atoms with Gasteiger partial charge in [-0.1, -0.05) is 43.4 Å². The van der Waals surface area contributed by atoms with Crippen LogP contribution in [0.1, 0.15) is 56.2 Å². The van der Waals surface area contributed by atoms with Crippen LogP contribution >= 0.6 is 0 Å². The summed E-state index contributed by atoms with van der Waals surface area (Å²) in [6.07, 6.45) is 9.43. The Kier molecular flexibility index (Phi) is 6.25. The van der Waals surface area contributed by atoms with Crippen LogP contribution in [-0.4, -0.2) is 0 Å². The molecule has 1 rings (SSSR count). The lowest BCUT2D eigenvalue weighted by molar-refractivity contribution is 0.983. The third-order valence-electron chi connectivity index (χ3n) is 2.32. The lowest BCUT2D eigenvalue weighted by Gasteiger charge is -1.96. The number of benzene rings is 1. The molecule has 0 amide bonds. The van der Waals surface area contributed by atoms with Gasteiger partial charge in [-0.25, -0.2) is 0 Å². The van der Waals surface area contributed by atoms with Crippen molar-refractivity contribution in [3.63, 3.8) is 0 Å². The second-order valence-electron chi connectivity index (χ2n) is 4.05. The summed E-state index contributed by atoms with van der Waals surface area (Å²) in [5, 5.41) is 0. The van der Waals surface area contributed by atoms with E-state index < -0.39 is 0 Å². The quantitative estimate of drug-likeness (QED) is 0.679. The van der Waals surface area contributed by atoms with Gasteiger partial charge in [0.05, 0.1) is 0 Å². The molecule has 0 heterocycles. The van der Waals surface area contributed by atoms with E-state index in [0.717, 1.165) is 42.4 Å². The van der Waals surface area contributed by atoms with Crippen LogP contribution in [0.5, 0.6) is 0 Å². The molecule has 0 unspecified atom stereocenters. The van der Waals surface area contributed by atoms with Gasteiger partial charge in [0.25, 0.3) is 0 Å². The zero-order valence-corrected chi connectivity index (χ0v) is 11.1. The Morgan fingerprint density at radius 1 is 0.833 bits per heavy atom. The second-order valence-corrected chi connectivity index (χ2v) is 4.05. The maximum absolute atomic E-state index is 5.45. The first-order chi connectivity index (χ1) is 8.80. The van der Waals surface area contributed by atoms with Gasteiger partial charge in [-0.2, -0.15) is 0 Å². The molecular formula is C18H18. The van der Waals surface area contributed by atoms with Crippen molar-refractivity contribution in [3.05, 3.63) is 34.9 Å². The predicted molar refractivity (Wildman–Crippen MR) is 77.9 cm³/mol. The van der Waals surface area contributed by atoms with Crippen molar-refractivity contribution in [1.29, 1.82) is 0 Å². The Labute approximate surface area is 111 Å². The molecule has 0 radical (unpaired) electrons. The molecule has 1 aromatic carbocycles. The van der Waals surface area contributed by atoms with Crippen LogP contribution in [0, 0.1) is 36.0 Å². The van der Waals surface area contributed by atoms with E-state index >= 15 is 0 Å². The van der Waals surface area contributed by atoms with Crippen LogP contribution < -0.4 is 0 Å². The molecule has 0 saturated carbocycles. The van der Waals surface area contributed by atoms with Gasteiger partial charge in [-0.05, 0) is 31.0 Å². The van der Waals surface area contributed by atoms with Gasteiger partial charge in [0.15, 0.2) is 0 Å². The van der Waals surface area contributed by atoms with Gasteiger partial charge in [0, 0.05) is 29.5 Å². The largest absolute Gasteiger partial charge is 0.115 e. The summed E-state index contributed by atoms with van der Waals surface area (Å²) in [6.45, 7) is 4.24. The second kappa shape index (κ2) is 8.06. The first kappa shape index (κ1) is 14.0. The van der Waals surface area contributed by atoms with Crippen LogP contribution in [-0.2, 0) is 0 Å². The molecule has 0 nitrogen and oxygen atoms in total. The topological polar surface area (TPSA) is 0 Å². The molecule has 1 aromatic rings. The zero-order chi connectivity index (χ0) is 13.2. The van der Waals surface area contributed by atoms with Crippen LogP contribution in [0.15, 0.2) is 18.2 Å². The molecule has 0 heteroatoms. The van der Waals surface area contributed by atoms with Crippen molar-refractivity contribution in [1.82, 2.24) is 0 Å². The Morgan fingerprint density at radius 2 is 1.28 bits per heavy atom. The Hall–Kier alpha value is -2.10. The molecule has 0 fully saturated rings. The minimum absolute atomic E-state index is 0.846. The predicted octanol–water partition coefficient (Wildman–Crippen LogP) is 3.97. The van der Waals surface area contributed by atoms with Crippen molar-refractivity contribution >= 4 is 0 Å². The summed E-state index contributed by atoms with van der Waals surface area (Å²) in [7, 11) is 0. The van der Waals surface area contributed by atoms with E-state index in [-0.39, 0.29) is 0 Å². The van der Waals surface area contributed by atoms with Gasteiger partial charge in [-0.3, -0.25) is 0 Å². The monoisotopic (exact) mass is 234 g/mol. The molecule has 0 saturated heterocycles. The SMILES string of the molecule is C#Cc1cc(C#CCCC)cc(C#CCCC)c1. The molecule has 18 heavy (non-hydrogen) atoms. The van der Waals surface area contributed by atoms with Gasteiger partial charge in [0.2, 0.25) is 0 Å². The average molecular weight is 234 g/mol. The number of unbranched alkanes of at least 4 members (excludes halogenated alkanes) is 2. The van der Waals surface area contributed by atoms with Gasteiger partial charge >= 0.3 is 0 Å². The van der Waals surface area contributed by atoms with Crippen molar-refractivity contribution in [2.45, 2.75) is 39.5 Å². The maximum Gasteiger partial charge on any atom is 0.0270 e. The summed E-state index contributed by atoms with van der Waals surface area (Å²) >= 11 is 0. The van der Waals surface area contributed by atoms with E-state index in [1.807, 2.05) is 18.2 Å². The molecule has 0 N–H and O–H groups in total. The van der Waals surface area contributed by atoms with Crippen molar-refractivity contribution in [3.8, 4) is 36.0 Å². The smallest absolute Gasteiger partial charge is 0.0270 e. The fraction of sp³-hybridized carbons (Fsp3) is 0.333. The van der Waals surface area contributed by atoms with E-state index in [1.165, 1.54) is 0 Å². The van der Waals surface area contributed by atoms with Gasteiger partial charge in [0.1, 0.15) is 0 Å². The molecule has 0 aliphatic rings. The number of rotatable bonds is 2. The molecule has 0 spiro atoms. The minimum Gasteiger partial charge on any atom is -0.115 e. The molecule has 0 aliphatic carbocycles. The minimum atomic E-state index is 0.846. The molecule has 0 aliphatic heterocycles. The first-order valence-corrected chi connectivity index (χ1v) is 6.39. The zero-order valence-electron chi connectivity index (χ0n) is 11.1. The summed E-state index contributed by atoms with van der Waals surface area (Å²) < 4.78 is 0. The normalized spacial score (nSPS) is 8.50. The van der Waals surface area contributed by atoms with E-state index in [0.29, 0.717) is 0 Å². The van der Waals surface area contributed by atoms with E-state index in [4.69, 9.17) is 6.42 Å². The number of terminal acetylenes is 1. The van der Waals surface area contributed by atoms with Crippen LogP contribution in [0.25, 0.3) is 0 Å². The summed E-state index contributed by atoms with van der Waals surface area (Å²) in [6, 6.07) is 5.88. The van der Waals surface area contributed by atoms with Crippen LogP contribution in [0.3, 0.4) is 0 Å². The molecule has 90 valence electrons. The molecule has 0 atom stereocenters. The standard InChI is InChI=1S/C18H18/c1-4-7-9-11-17-13-16(6-3)14-18(15-17)12-10-8-5-2/h3,13-15H,4-5,7-8H2,1-2H3. The van der Waals surface area contributed by atoms with Gasteiger partial charge < -0.3 is 0 Å². The molecule has 0 aromatic heterocycles. The summed E-state index contributed by atoms with van der Waals surface area (Å²) in [5.41, 5.74) is 2.76. The number of hydrogen-bond donors (Lipinski definition) is 0. The third kappa shape index (κ3) is 4.82. The fourth-order valence-electron chi connectivity index (χ4n) is 1.43. The highest BCUT2D eigenvalue weighted by molar-refractivity contribution is 5.50. The molecular weight excluding hydrogens is 216 g/mol. The Balaban J connectivity index is 3.01. The summed E-state index contributed by atoms with van der Waals surface area (Å²) in [5.74, 6) is 15.2.